The Morgan fingerprint density at radius 2 is 1.84 bits per heavy atom. The van der Waals surface area contributed by atoms with Gasteiger partial charge in [0.25, 0.3) is 0 Å². The van der Waals surface area contributed by atoms with Crippen molar-refractivity contribution in [2.75, 3.05) is 24.2 Å². The van der Waals surface area contributed by atoms with E-state index in [9.17, 15) is 10.2 Å². The number of ether oxygens (including phenoxy) is 1. The molecular formula is C29H30N6O3. The summed E-state index contributed by atoms with van der Waals surface area (Å²) >= 11 is 0. The lowest BCUT2D eigenvalue weighted by atomic mass is 10.1. The molecule has 1 fully saturated rings. The van der Waals surface area contributed by atoms with Crippen molar-refractivity contribution in [3.05, 3.63) is 84.8 Å². The maximum atomic E-state index is 11.0. The molecule has 5 aromatic rings. The topological polar surface area (TPSA) is 131 Å². The Hall–Kier alpha value is -4.21. The van der Waals surface area contributed by atoms with Gasteiger partial charge in [0.1, 0.15) is 35.5 Å². The van der Waals surface area contributed by atoms with Crippen LogP contribution in [0.4, 0.5) is 11.6 Å². The third kappa shape index (κ3) is 4.73. The lowest BCUT2D eigenvalue weighted by molar-refractivity contribution is -0.00141. The first-order valence-electron chi connectivity index (χ1n) is 12.8. The molecule has 3 aromatic heterocycles. The summed E-state index contributed by atoms with van der Waals surface area (Å²) in [5.41, 5.74) is 8.53. The second-order valence-electron chi connectivity index (χ2n) is 9.79. The number of anilines is 2. The number of aromatic nitrogens is 4. The van der Waals surface area contributed by atoms with Crippen LogP contribution in [0, 0.1) is 5.92 Å². The van der Waals surface area contributed by atoms with Crippen LogP contribution in [0.15, 0.2) is 79.3 Å². The van der Waals surface area contributed by atoms with Crippen molar-refractivity contribution < 1.29 is 14.9 Å². The number of nitrogens with zero attached hydrogens (tertiary/aromatic N) is 4. The highest BCUT2D eigenvalue weighted by Gasteiger charge is 2.43. The average Bonchev–Trinajstić information content (AvgIpc) is 3.49. The van der Waals surface area contributed by atoms with E-state index < -0.39 is 12.2 Å². The van der Waals surface area contributed by atoms with Gasteiger partial charge in [-0.1, -0.05) is 30.3 Å². The van der Waals surface area contributed by atoms with E-state index in [0.29, 0.717) is 18.0 Å². The van der Waals surface area contributed by atoms with Gasteiger partial charge in [-0.2, -0.15) is 0 Å². The van der Waals surface area contributed by atoms with Crippen molar-refractivity contribution in [2.24, 2.45) is 5.92 Å². The van der Waals surface area contributed by atoms with E-state index in [1.54, 1.807) is 6.07 Å². The molecule has 194 valence electrons. The highest BCUT2D eigenvalue weighted by molar-refractivity contribution is 5.87. The molecule has 9 nitrogen and oxygen atoms in total. The van der Waals surface area contributed by atoms with Gasteiger partial charge in [0.2, 0.25) is 0 Å². The quantitative estimate of drug-likeness (QED) is 0.249. The highest BCUT2D eigenvalue weighted by atomic mass is 16.5. The summed E-state index contributed by atoms with van der Waals surface area (Å²) < 4.78 is 7.95. The Labute approximate surface area is 219 Å². The highest BCUT2D eigenvalue weighted by Crippen LogP contribution is 2.38. The molecule has 0 bridgehead atoms. The summed E-state index contributed by atoms with van der Waals surface area (Å²) in [4.78, 5) is 13.3. The minimum Gasteiger partial charge on any atom is -0.493 e. The van der Waals surface area contributed by atoms with E-state index in [4.69, 9.17) is 10.5 Å². The van der Waals surface area contributed by atoms with E-state index >= 15 is 0 Å². The van der Waals surface area contributed by atoms with Crippen LogP contribution < -0.4 is 15.8 Å². The summed E-state index contributed by atoms with van der Waals surface area (Å²) in [6.45, 7) is 1.01. The van der Waals surface area contributed by atoms with Crippen LogP contribution in [0.25, 0.3) is 21.9 Å². The minimum atomic E-state index is -0.943. The average molecular weight is 511 g/mol. The molecule has 0 aliphatic heterocycles. The van der Waals surface area contributed by atoms with Crippen molar-refractivity contribution in [1.29, 1.82) is 0 Å². The number of aliphatic hydroxyl groups is 2. The Kier molecular flexibility index (Phi) is 6.53. The number of rotatable bonds is 8. The molecule has 0 spiro atoms. The second kappa shape index (κ2) is 10.3. The van der Waals surface area contributed by atoms with Gasteiger partial charge < -0.3 is 30.6 Å². The first-order chi connectivity index (χ1) is 18.6. The zero-order chi connectivity index (χ0) is 26.1. The Morgan fingerprint density at radius 1 is 1.00 bits per heavy atom. The molecule has 0 radical (unpaired) electrons. The van der Waals surface area contributed by atoms with Gasteiger partial charge in [0.15, 0.2) is 0 Å². The predicted octanol–water partition coefficient (Wildman–Crippen LogP) is 3.58. The van der Waals surface area contributed by atoms with E-state index in [0.717, 1.165) is 40.7 Å². The van der Waals surface area contributed by atoms with Crippen LogP contribution in [0.5, 0.6) is 5.75 Å². The molecule has 3 heterocycles. The van der Waals surface area contributed by atoms with Gasteiger partial charge in [-0.3, -0.25) is 0 Å². The number of hydrogen-bond acceptors (Lipinski definition) is 8. The maximum absolute atomic E-state index is 11.0. The monoisotopic (exact) mass is 510 g/mol. The fourth-order valence-corrected chi connectivity index (χ4v) is 5.30. The van der Waals surface area contributed by atoms with Crippen molar-refractivity contribution in [2.45, 2.75) is 31.1 Å². The normalized spacial score (nSPS) is 21.2. The fourth-order valence-electron chi connectivity index (χ4n) is 5.30. The smallest absolute Gasteiger partial charge is 0.145 e. The van der Waals surface area contributed by atoms with E-state index in [1.807, 2.05) is 59.3 Å². The number of nitrogens with two attached hydrogens (primary N) is 1. The molecule has 9 heteroatoms. The molecule has 1 aliphatic carbocycles. The van der Waals surface area contributed by atoms with Gasteiger partial charge in [-0.25, -0.2) is 15.0 Å². The minimum absolute atomic E-state index is 0.248. The SMILES string of the molecule is Nc1ccc2ccc(OC[C@H]3C[C@@H](n4ccc5c(NCCc6ccccc6)ncnc54)[C@H](O)[C@@H]3O)cc2n1. The first-order valence-corrected chi connectivity index (χ1v) is 12.8. The van der Waals surface area contributed by atoms with Crippen LogP contribution in [0.1, 0.15) is 18.0 Å². The van der Waals surface area contributed by atoms with Crippen LogP contribution in [-0.4, -0.2) is 55.1 Å². The second-order valence-corrected chi connectivity index (χ2v) is 9.79. The van der Waals surface area contributed by atoms with Crippen LogP contribution in [0.2, 0.25) is 0 Å². The van der Waals surface area contributed by atoms with Crippen molar-refractivity contribution in [3.8, 4) is 5.75 Å². The predicted molar refractivity (Wildman–Crippen MR) is 147 cm³/mol. The maximum Gasteiger partial charge on any atom is 0.145 e. The number of nitrogen functional groups attached to an aromatic ring is 1. The van der Waals surface area contributed by atoms with Crippen LogP contribution >= 0.6 is 0 Å². The molecule has 0 unspecified atom stereocenters. The number of pyridine rings is 1. The zero-order valence-electron chi connectivity index (χ0n) is 20.8. The van der Waals surface area contributed by atoms with Crippen LogP contribution in [0.3, 0.4) is 0 Å². The number of hydrogen-bond donors (Lipinski definition) is 4. The van der Waals surface area contributed by atoms with Gasteiger partial charge in [0.05, 0.1) is 29.7 Å². The lowest BCUT2D eigenvalue weighted by Gasteiger charge is -2.19. The molecule has 4 atom stereocenters. The molecular weight excluding hydrogens is 480 g/mol. The summed E-state index contributed by atoms with van der Waals surface area (Å²) in [7, 11) is 0. The molecule has 1 saturated carbocycles. The largest absolute Gasteiger partial charge is 0.493 e. The molecule has 0 saturated heterocycles. The van der Waals surface area contributed by atoms with E-state index in [1.165, 1.54) is 11.9 Å². The van der Waals surface area contributed by atoms with E-state index in [-0.39, 0.29) is 18.6 Å². The van der Waals surface area contributed by atoms with Crippen LogP contribution in [-0.2, 0) is 6.42 Å². The Balaban J connectivity index is 1.14. The summed E-state index contributed by atoms with van der Waals surface area (Å²) in [5, 5.41) is 27.1. The van der Waals surface area contributed by atoms with Crippen molar-refractivity contribution in [3.63, 3.8) is 0 Å². The fraction of sp³-hybridized carbons (Fsp3) is 0.276. The number of benzene rings is 2. The Bertz CT molecular complexity index is 1560. The summed E-state index contributed by atoms with van der Waals surface area (Å²) in [6.07, 6.45) is 3.00. The van der Waals surface area contributed by atoms with Crippen molar-refractivity contribution >= 4 is 33.6 Å². The number of nitrogens with one attached hydrogen (secondary N) is 1. The van der Waals surface area contributed by atoms with Gasteiger partial charge in [0, 0.05) is 30.1 Å². The lowest BCUT2D eigenvalue weighted by Crippen LogP contribution is -2.31. The van der Waals surface area contributed by atoms with Gasteiger partial charge in [-0.05, 0) is 48.7 Å². The number of fused-ring (bicyclic) bond motifs is 2. The summed E-state index contributed by atoms with van der Waals surface area (Å²) in [5.74, 6) is 1.60. The standard InChI is InChI=1S/C29H30N6O3/c30-25-9-7-19-6-8-21(15-23(19)34-25)38-16-20-14-24(27(37)26(20)36)35-13-11-22-28(32-17-33-29(22)35)31-12-10-18-4-2-1-3-5-18/h1-9,11,13,15,17,20,24,26-27,36-37H,10,12,14,16H2,(H2,30,34)(H,31,32,33)/t20-,24-,26-,27+/m1/s1. The van der Waals surface area contributed by atoms with Gasteiger partial charge in [-0.15, -0.1) is 0 Å². The molecule has 0 amide bonds. The first kappa shape index (κ1) is 24.1. The third-order valence-electron chi connectivity index (χ3n) is 7.34. The molecule has 38 heavy (non-hydrogen) atoms. The van der Waals surface area contributed by atoms with Crippen molar-refractivity contribution in [1.82, 2.24) is 19.5 Å². The molecule has 5 N–H and O–H groups in total. The molecule has 1 aliphatic rings. The third-order valence-corrected chi connectivity index (χ3v) is 7.34. The Morgan fingerprint density at radius 3 is 2.71 bits per heavy atom. The molecule has 2 aromatic carbocycles. The summed E-state index contributed by atoms with van der Waals surface area (Å²) in [6, 6.07) is 21.2. The molecule has 6 rings (SSSR count). The van der Waals surface area contributed by atoms with E-state index in [2.05, 4.69) is 32.4 Å². The van der Waals surface area contributed by atoms with Gasteiger partial charge >= 0.3 is 0 Å². The number of aliphatic hydroxyl groups excluding tert-OH is 2. The zero-order valence-corrected chi connectivity index (χ0v) is 20.8.